The monoisotopic (exact) mass is 330 g/mol. The van der Waals surface area contributed by atoms with Gasteiger partial charge < -0.3 is 5.73 Å². The zero-order chi connectivity index (χ0) is 13.1. The van der Waals surface area contributed by atoms with E-state index in [-0.39, 0.29) is 6.04 Å². The van der Waals surface area contributed by atoms with Crippen LogP contribution in [-0.2, 0) is 0 Å². The van der Waals surface area contributed by atoms with Gasteiger partial charge in [0.05, 0.1) is 6.04 Å². The molecule has 0 amide bonds. The molecule has 0 saturated carbocycles. The molecule has 3 unspecified atom stereocenters. The van der Waals surface area contributed by atoms with Crippen molar-refractivity contribution >= 4 is 27.3 Å². The predicted molar refractivity (Wildman–Crippen MR) is 83.0 cm³/mol. The highest BCUT2D eigenvalue weighted by atomic mass is 79.9. The van der Waals surface area contributed by atoms with Crippen LogP contribution in [0, 0.1) is 0 Å². The molecule has 1 aromatic heterocycles. The van der Waals surface area contributed by atoms with Crippen LogP contribution in [-0.4, -0.2) is 23.5 Å². The van der Waals surface area contributed by atoms with E-state index in [4.69, 9.17) is 5.73 Å². The Hall–Kier alpha value is 0.1000. The summed E-state index contributed by atoms with van der Waals surface area (Å²) in [6.45, 7) is 5.63. The Balaban J connectivity index is 2.23. The van der Waals surface area contributed by atoms with Crippen LogP contribution in [0.3, 0.4) is 0 Å². The zero-order valence-electron chi connectivity index (χ0n) is 11.2. The highest BCUT2D eigenvalue weighted by Gasteiger charge is 2.31. The number of rotatable bonds is 4. The number of halogens is 1. The zero-order valence-corrected chi connectivity index (χ0v) is 13.6. The van der Waals surface area contributed by atoms with E-state index in [0.29, 0.717) is 12.1 Å². The molecule has 2 heterocycles. The van der Waals surface area contributed by atoms with E-state index in [1.165, 1.54) is 41.6 Å². The third-order valence-corrected chi connectivity index (χ3v) is 5.64. The van der Waals surface area contributed by atoms with Gasteiger partial charge in [-0.15, -0.1) is 11.3 Å². The van der Waals surface area contributed by atoms with Crippen LogP contribution in [0.4, 0.5) is 0 Å². The van der Waals surface area contributed by atoms with Gasteiger partial charge in [0.25, 0.3) is 0 Å². The van der Waals surface area contributed by atoms with Gasteiger partial charge in [-0.25, -0.2) is 0 Å². The summed E-state index contributed by atoms with van der Waals surface area (Å²) in [6, 6.07) is 3.50. The van der Waals surface area contributed by atoms with Gasteiger partial charge in [0.15, 0.2) is 0 Å². The molecule has 0 aliphatic carbocycles. The Morgan fingerprint density at radius 3 is 2.89 bits per heavy atom. The number of nitrogens with two attached hydrogens (primary N) is 1. The Bertz CT molecular complexity index is 378. The Kier molecular flexibility index (Phi) is 5.24. The summed E-state index contributed by atoms with van der Waals surface area (Å²) in [5, 5.41) is 2.16. The minimum atomic E-state index is 0.183. The van der Waals surface area contributed by atoms with Crippen molar-refractivity contribution in [2.75, 3.05) is 6.54 Å². The molecule has 2 N–H and O–H groups in total. The molecule has 1 aliphatic rings. The molecule has 1 fully saturated rings. The van der Waals surface area contributed by atoms with Crippen LogP contribution >= 0.6 is 27.3 Å². The number of piperidine rings is 1. The maximum absolute atomic E-state index is 6.28. The number of thiophene rings is 1. The molecule has 1 aromatic rings. The minimum absolute atomic E-state index is 0.183. The maximum Gasteiger partial charge on any atom is 0.0593 e. The summed E-state index contributed by atoms with van der Waals surface area (Å²) in [5.74, 6) is 0. The normalized spacial score (nSPS) is 25.0. The standard InChI is InChI=1S/C14H23BrN2S/c1-3-12-6-4-5-7-17(12)14(10(2)16)13-8-11(15)9-18-13/h8-10,12,14H,3-7,16H2,1-2H3. The molecule has 2 rings (SSSR count). The highest BCUT2D eigenvalue weighted by molar-refractivity contribution is 9.10. The largest absolute Gasteiger partial charge is 0.326 e. The van der Waals surface area contributed by atoms with Crippen LogP contribution < -0.4 is 5.73 Å². The maximum atomic E-state index is 6.28. The lowest BCUT2D eigenvalue weighted by atomic mass is 9.95. The van der Waals surface area contributed by atoms with E-state index in [1.54, 1.807) is 0 Å². The first-order chi connectivity index (χ1) is 8.63. The lowest BCUT2D eigenvalue weighted by Gasteiger charge is -2.42. The first-order valence-corrected chi connectivity index (χ1v) is 8.56. The molecule has 102 valence electrons. The van der Waals surface area contributed by atoms with Gasteiger partial charge in [-0.3, -0.25) is 4.90 Å². The number of hydrogen-bond acceptors (Lipinski definition) is 3. The van der Waals surface area contributed by atoms with Crippen molar-refractivity contribution in [2.45, 2.75) is 57.7 Å². The van der Waals surface area contributed by atoms with Crippen molar-refractivity contribution < 1.29 is 0 Å². The predicted octanol–water partition coefficient (Wildman–Crippen LogP) is 4.16. The fourth-order valence-corrected chi connectivity index (χ4v) is 4.72. The first kappa shape index (κ1) is 14.5. The average molecular weight is 331 g/mol. The molecule has 2 nitrogen and oxygen atoms in total. The molecular formula is C14H23BrN2S. The summed E-state index contributed by atoms with van der Waals surface area (Å²) in [5.41, 5.74) is 6.28. The van der Waals surface area contributed by atoms with Crippen LogP contribution in [0.15, 0.2) is 15.9 Å². The van der Waals surface area contributed by atoms with Gasteiger partial charge >= 0.3 is 0 Å². The molecule has 18 heavy (non-hydrogen) atoms. The summed E-state index contributed by atoms with van der Waals surface area (Å²) >= 11 is 5.38. The fourth-order valence-electron chi connectivity index (χ4n) is 3.04. The van der Waals surface area contributed by atoms with Crippen molar-refractivity contribution in [1.29, 1.82) is 0 Å². The molecule has 4 heteroatoms. The molecule has 0 aromatic carbocycles. The van der Waals surface area contributed by atoms with Crippen LogP contribution in [0.1, 0.15) is 50.4 Å². The Labute approximate surface area is 123 Å². The van der Waals surface area contributed by atoms with Gasteiger partial charge in [0.1, 0.15) is 0 Å². The van der Waals surface area contributed by atoms with E-state index in [0.717, 1.165) is 0 Å². The van der Waals surface area contributed by atoms with Crippen LogP contribution in [0.5, 0.6) is 0 Å². The number of likely N-dealkylation sites (tertiary alicyclic amines) is 1. The quantitative estimate of drug-likeness (QED) is 0.897. The summed E-state index contributed by atoms with van der Waals surface area (Å²) in [7, 11) is 0. The Morgan fingerprint density at radius 1 is 1.56 bits per heavy atom. The molecule has 0 radical (unpaired) electrons. The van der Waals surface area contributed by atoms with Crippen molar-refractivity contribution in [3.63, 3.8) is 0 Å². The second-order valence-electron chi connectivity index (χ2n) is 5.27. The molecule has 1 aliphatic heterocycles. The van der Waals surface area contributed by atoms with Gasteiger partial charge in [-0.1, -0.05) is 13.3 Å². The Morgan fingerprint density at radius 2 is 2.33 bits per heavy atom. The smallest absolute Gasteiger partial charge is 0.0593 e. The van der Waals surface area contributed by atoms with Gasteiger partial charge in [-0.2, -0.15) is 0 Å². The van der Waals surface area contributed by atoms with Gasteiger partial charge in [0, 0.05) is 26.8 Å². The van der Waals surface area contributed by atoms with Crippen LogP contribution in [0.25, 0.3) is 0 Å². The van der Waals surface area contributed by atoms with E-state index < -0.39 is 0 Å². The summed E-state index contributed by atoms with van der Waals surface area (Å²) in [6.07, 6.45) is 5.24. The number of hydrogen-bond donors (Lipinski definition) is 1. The summed E-state index contributed by atoms with van der Waals surface area (Å²) < 4.78 is 1.18. The van der Waals surface area contributed by atoms with E-state index >= 15 is 0 Å². The third-order valence-electron chi connectivity index (χ3n) is 3.88. The second-order valence-corrected chi connectivity index (χ2v) is 7.13. The average Bonchev–Trinajstić information content (AvgIpc) is 2.76. The van der Waals surface area contributed by atoms with Crippen molar-refractivity contribution in [1.82, 2.24) is 4.90 Å². The molecule has 0 bridgehead atoms. The first-order valence-electron chi connectivity index (χ1n) is 6.88. The van der Waals surface area contributed by atoms with Crippen molar-refractivity contribution in [2.24, 2.45) is 5.73 Å². The molecule has 0 spiro atoms. The van der Waals surface area contributed by atoms with Crippen molar-refractivity contribution in [3.8, 4) is 0 Å². The van der Waals surface area contributed by atoms with Crippen molar-refractivity contribution in [3.05, 3.63) is 20.8 Å². The van der Waals surface area contributed by atoms with Gasteiger partial charge in [-0.05, 0) is 54.7 Å². The summed E-state index contributed by atoms with van der Waals surface area (Å²) in [4.78, 5) is 4.05. The lowest BCUT2D eigenvalue weighted by molar-refractivity contribution is 0.0815. The minimum Gasteiger partial charge on any atom is -0.326 e. The molecule has 3 atom stereocenters. The van der Waals surface area contributed by atoms with Crippen LogP contribution in [0.2, 0.25) is 0 Å². The third kappa shape index (κ3) is 3.16. The SMILES string of the molecule is CCC1CCCCN1C(c1cc(Br)cs1)C(C)N. The molecule has 1 saturated heterocycles. The lowest BCUT2D eigenvalue weighted by Crippen LogP contribution is -2.47. The topological polar surface area (TPSA) is 29.3 Å². The second kappa shape index (κ2) is 6.51. The van der Waals surface area contributed by atoms with Gasteiger partial charge in [0.2, 0.25) is 0 Å². The fraction of sp³-hybridized carbons (Fsp3) is 0.714. The molecular weight excluding hydrogens is 308 g/mol. The van der Waals surface area contributed by atoms with E-state index in [1.807, 2.05) is 11.3 Å². The highest BCUT2D eigenvalue weighted by Crippen LogP contribution is 2.35. The van der Waals surface area contributed by atoms with E-state index in [2.05, 4.69) is 46.1 Å². The van der Waals surface area contributed by atoms with E-state index in [9.17, 15) is 0 Å². The number of nitrogens with zero attached hydrogens (tertiary/aromatic N) is 1.